The highest BCUT2D eigenvalue weighted by Crippen LogP contribution is 2.56. The van der Waals surface area contributed by atoms with E-state index in [-0.39, 0.29) is 52.3 Å². The molecule has 2 aromatic rings. The highest BCUT2D eigenvalue weighted by Gasteiger charge is 2.61. The number of ether oxygens (including phenoxy) is 1. The number of fused-ring (bicyclic) bond motifs is 5. The average molecular weight is 448 g/mol. The quantitative estimate of drug-likeness (QED) is 0.219. The number of esters is 1. The number of hydrogen-bond acceptors (Lipinski definition) is 7. The molecule has 9 nitrogen and oxygen atoms in total. The first kappa shape index (κ1) is 21.0. The molecule has 1 aliphatic heterocycles. The largest absolute Gasteiger partial charge is 0.454 e. The fourth-order valence-corrected chi connectivity index (χ4v) is 5.53. The van der Waals surface area contributed by atoms with Crippen LogP contribution >= 0.6 is 0 Å². The summed E-state index contributed by atoms with van der Waals surface area (Å²) in [4.78, 5) is 62.3. The Morgan fingerprint density at radius 3 is 2.27 bits per heavy atom. The van der Waals surface area contributed by atoms with E-state index in [0.717, 1.165) is 25.3 Å². The van der Waals surface area contributed by atoms with Gasteiger partial charge in [-0.25, -0.2) is 4.79 Å². The Morgan fingerprint density at radius 1 is 0.970 bits per heavy atom. The van der Waals surface area contributed by atoms with E-state index in [0.29, 0.717) is 5.69 Å². The minimum absolute atomic E-state index is 0.0557. The highest BCUT2D eigenvalue weighted by atomic mass is 16.6. The van der Waals surface area contributed by atoms with Crippen molar-refractivity contribution < 1.29 is 28.8 Å². The number of non-ortho nitro benzene ring substituents is 1. The number of rotatable bonds is 6. The van der Waals surface area contributed by atoms with Crippen LogP contribution in [0.2, 0.25) is 0 Å². The highest BCUT2D eigenvalue weighted by molar-refractivity contribution is 6.22. The molecule has 1 saturated heterocycles. The number of amides is 2. The van der Waals surface area contributed by atoms with Crippen LogP contribution in [0.15, 0.2) is 48.5 Å². The van der Waals surface area contributed by atoms with E-state index in [9.17, 15) is 29.3 Å². The minimum atomic E-state index is -0.796. The van der Waals surface area contributed by atoms with Gasteiger partial charge >= 0.3 is 5.97 Å². The van der Waals surface area contributed by atoms with Crippen molar-refractivity contribution in [2.45, 2.75) is 19.3 Å². The van der Waals surface area contributed by atoms with E-state index in [1.165, 1.54) is 35.2 Å². The number of benzene rings is 2. The summed E-state index contributed by atoms with van der Waals surface area (Å²) in [6.07, 6.45) is 2.89. The maximum Gasteiger partial charge on any atom is 0.338 e. The van der Waals surface area contributed by atoms with Crippen LogP contribution in [-0.2, 0) is 14.3 Å². The lowest BCUT2D eigenvalue weighted by molar-refractivity contribution is -0.384. The number of Topliss-reactive ketones (excluding diaryl/α,β-unsaturated/α-hetero) is 1. The molecule has 2 aromatic carbocycles. The molecule has 2 amide bonds. The molecule has 3 fully saturated rings. The van der Waals surface area contributed by atoms with Gasteiger partial charge in [-0.15, -0.1) is 0 Å². The number of anilines is 1. The van der Waals surface area contributed by atoms with Gasteiger partial charge in [0.05, 0.1) is 28.0 Å². The molecule has 0 unspecified atom stereocenters. The average Bonchev–Trinajstić information content (AvgIpc) is 3.51. The van der Waals surface area contributed by atoms with Gasteiger partial charge in [0.15, 0.2) is 6.61 Å². The summed E-state index contributed by atoms with van der Waals surface area (Å²) >= 11 is 0. The summed E-state index contributed by atoms with van der Waals surface area (Å²) in [5, 5.41) is 10.9. The second kappa shape index (κ2) is 7.91. The summed E-state index contributed by atoms with van der Waals surface area (Å²) in [6.45, 7) is -0.598. The van der Waals surface area contributed by atoms with Crippen LogP contribution < -0.4 is 4.90 Å². The van der Waals surface area contributed by atoms with Gasteiger partial charge in [0.1, 0.15) is 0 Å². The third-order valence-electron chi connectivity index (χ3n) is 6.98. The molecular weight excluding hydrogens is 428 g/mol. The predicted molar refractivity (Wildman–Crippen MR) is 114 cm³/mol. The van der Waals surface area contributed by atoms with Gasteiger partial charge in [-0.2, -0.15) is 0 Å². The molecular formula is C24H20N2O7. The van der Waals surface area contributed by atoms with Gasteiger partial charge in [-0.05, 0) is 49.3 Å². The molecule has 33 heavy (non-hydrogen) atoms. The van der Waals surface area contributed by atoms with Gasteiger partial charge in [-0.1, -0.05) is 18.2 Å². The van der Waals surface area contributed by atoms with Crippen LogP contribution in [0.3, 0.4) is 0 Å². The minimum Gasteiger partial charge on any atom is -0.454 e. The predicted octanol–water partition coefficient (Wildman–Crippen LogP) is 3.17. The van der Waals surface area contributed by atoms with Crippen molar-refractivity contribution in [3.63, 3.8) is 0 Å². The third kappa shape index (κ3) is 3.49. The molecule has 2 saturated carbocycles. The molecule has 3 aliphatic rings. The molecule has 2 bridgehead atoms. The summed E-state index contributed by atoms with van der Waals surface area (Å²) in [6, 6.07) is 11.2. The van der Waals surface area contributed by atoms with Crippen molar-refractivity contribution in [1.29, 1.82) is 0 Å². The first-order chi connectivity index (χ1) is 15.8. The van der Waals surface area contributed by atoms with Crippen molar-refractivity contribution >= 4 is 34.9 Å². The second-order valence-electron chi connectivity index (χ2n) is 8.75. The van der Waals surface area contributed by atoms with Crippen LogP contribution in [0.4, 0.5) is 11.4 Å². The van der Waals surface area contributed by atoms with E-state index in [2.05, 4.69) is 0 Å². The molecule has 168 valence electrons. The van der Waals surface area contributed by atoms with E-state index in [1.54, 1.807) is 12.1 Å². The zero-order valence-corrected chi connectivity index (χ0v) is 17.5. The van der Waals surface area contributed by atoms with E-state index in [1.807, 2.05) is 0 Å². The summed E-state index contributed by atoms with van der Waals surface area (Å²) in [7, 11) is 0. The lowest BCUT2D eigenvalue weighted by Crippen LogP contribution is -2.32. The van der Waals surface area contributed by atoms with Crippen LogP contribution in [-0.4, -0.2) is 35.1 Å². The van der Waals surface area contributed by atoms with Gasteiger partial charge in [-0.3, -0.25) is 29.4 Å². The molecule has 0 radical (unpaired) electrons. The number of hydrogen-bond donors (Lipinski definition) is 0. The molecule has 1 heterocycles. The van der Waals surface area contributed by atoms with Crippen molar-refractivity contribution in [2.75, 3.05) is 11.5 Å². The fourth-order valence-electron chi connectivity index (χ4n) is 5.53. The second-order valence-corrected chi connectivity index (χ2v) is 8.75. The Bertz CT molecular complexity index is 1180. The summed E-state index contributed by atoms with van der Waals surface area (Å²) < 4.78 is 5.09. The number of nitro groups is 1. The van der Waals surface area contributed by atoms with Crippen LogP contribution in [0.5, 0.6) is 0 Å². The Hall–Kier alpha value is -3.88. The van der Waals surface area contributed by atoms with Crippen LogP contribution in [0, 0.1) is 33.8 Å². The van der Waals surface area contributed by atoms with Crippen molar-refractivity contribution in [2.24, 2.45) is 23.7 Å². The van der Waals surface area contributed by atoms with Crippen molar-refractivity contribution in [1.82, 2.24) is 0 Å². The molecule has 4 atom stereocenters. The number of nitrogens with zero attached hydrogens (tertiary/aromatic N) is 2. The summed E-state index contributed by atoms with van der Waals surface area (Å²) in [5.74, 6) is -1.80. The maximum absolute atomic E-state index is 13.0. The maximum atomic E-state index is 13.0. The third-order valence-corrected chi connectivity index (χ3v) is 6.98. The smallest absolute Gasteiger partial charge is 0.338 e. The van der Waals surface area contributed by atoms with Crippen molar-refractivity contribution in [3.8, 4) is 0 Å². The summed E-state index contributed by atoms with van der Waals surface area (Å²) in [5.41, 5.74) is 0.233. The van der Waals surface area contributed by atoms with E-state index >= 15 is 0 Å². The molecule has 2 aliphatic carbocycles. The van der Waals surface area contributed by atoms with Gasteiger partial charge in [0.25, 0.3) is 5.69 Å². The van der Waals surface area contributed by atoms with Crippen LogP contribution in [0.25, 0.3) is 0 Å². The Kier molecular flexibility index (Phi) is 5.03. The fraction of sp³-hybridized carbons (Fsp3) is 0.333. The van der Waals surface area contributed by atoms with E-state index in [4.69, 9.17) is 4.74 Å². The number of ketones is 1. The first-order valence-corrected chi connectivity index (χ1v) is 10.8. The number of carbonyl (C=O) groups is 4. The molecule has 0 aromatic heterocycles. The number of imide groups is 1. The first-order valence-electron chi connectivity index (χ1n) is 10.8. The molecule has 9 heteroatoms. The van der Waals surface area contributed by atoms with Gasteiger partial charge < -0.3 is 4.74 Å². The standard InChI is InChI=1S/C24H20N2O7/c27-19(13-3-1-6-18(10-13)26(31)32)12-33-24(30)16-4-2-5-17(11-16)25-22(28)20-14-7-8-15(9-14)21(20)23(25)29/h1-6,10-11,14-15,20-21H,7-9,12H2/t14-,15-,20-,21+/m0/s1. The Labute approximate surface area is 188 Å². The van der Waals surface area contributed by atoms with Crippen molar-refractivity contribution in [3.05, 3.63) is 69.8 Å². The topological polar surface area (TPSA) is 124 Å². The molecule has 0 spiro atoms. The van der Waals surface area contributed by atoms with Gasteiger partial charge in [0, 0.05) is 17.7 Å². The normalized spacial score (nSPS) is 25.3. The molecule has 0 N–H and O–H groups in total. The lowest BCUT2D eigenvalue weighted by Gasteiger charge is -2.19. The van der Waals surface area contributed by atoms with Gasteiger partial charge in [0.2, 0.25) is 17.6 Å². The van der Waals surface area contributed by atoms with E-state index < -0.39 is 23.3 Å². The Morgan fingerprint density at radius 2 is 1.61 bits per heavy atom. The van der Waals surface area contributed by atoms with Crippen LogP contribution in [0.1, 0.15) is 40.0 Å². The lowest BCUT2D eigenvalue weighted by atomic mass is 9.81. The zero-order chi connectivity index (χ0) is 23.3. The zero-order valence-electron chi connectivity index (χ0n) is 17.5. The number of nitro benzene ring substituents is 1. The molecule has 5 rings (SSSR count). The Balaban J connectivity index is 1.29. The number of carbonyl (C=O) groups excluding carboxylic acids is 4. The SMILES string of the molecule is O=C(COC(=O)c1cccc(N2C(=O)[C@@H]3[C@H]4CC[C@@H](C4)[C@@H]3C2=O)c1)c1cccc([N+](=O)[O-])c1. The monoisotopic (exact) mass is 448 g/mol.